The van der Waals surface area contributed by atoms with E-state index < -0.39 is 0 Å². The molecule has 0 saturated carbocycles. The molecule has 0 heteroatoms. The summed E-state index contributed by atoms with van der Waals surface area (Å²) in [6.07, 6.45) is 28.7. The fourth-order valence-corrected chi connectivity index (χ4v) is 4.02. The molecule has 0 spiro atoms. The van der Waals surface area contributed by atoms with Crippen LogP contribution in [0.2, 0.25) is 0 Å². The molecule has 0 aliphatic rings. The van der Waals surface area contributed by atoms with Crippen molar-refractivity contribution in [1.82, 2.24) is 0 Å². The minimum atomic E-state index is 0.965. The molecule has 0 aromatic heterocycles. The highest BCUT2D eigenvalue weighted by Crippen LogP contribution is 2.24. The summed E-state index contributed by atoms with van der Waals surface area (Å²) >= 11 is 0. The van der Waals surface area contributed by atoms with Gasteiger partial charge in [0.1, 0.15) is 0 Å². The molecule has 0 aromatic rings. The Morgan fingerprint density at radius 3 is 1.23 bits per heavy atom. The molecule has 0 atom stereocenters. The standard InChI is InChI=1S/C26H52/c1-5-7-9-11-13-15-17-19-21-26(24-23-25(3)4)22-20-18-16-14-12-10-8-6-2/h26H,3,5-24H2,1-2,4H3. The van der Waals surface area contributed by atoms with E-state index in [1.807, 2.05) is 0 Å². The van der Waals surface area contributed by atoms with Crippen LogP contribution < -0.4 is 0 Å². The van der Waals surface area contributed by atoms with Crippen molar-refractivity contribution >= 4 is 0 Å². The van der Waals surface area contributed by atoms with E-state index >= 15 is 0 Å². The van der Waals surface area contributed by atoms with Gasteiger partial charge in [0.25, 0.3) is 0 Å². The number of rotatable bonds is 21. The van der Waals surface area contributed by atoms with Crippen LogP contribution in [0.5, 0.6) is 0 Å². The molecule has 0 rings (SSSR count). The van der Waals surface area contributed by atoms with E-state index in [1.54, 1.807) is 0 Å². The maximum Gasteiger partial charge on any atom is -0.0323 e. The first kappa shape index (κ1) is 25.7. The second-order valence-corrected chi connectivity index (χ2v) is 8.89. The highest BCUT2D eigenvalue weighted by molar-refractivity contribution is 4.88. The Morgan fingerprint density at radius 2 is 0.885 bits per heavy atom. The van der Waals surface area contributed by atoms with Gasteiger partial charge >= 0.3 is 0 Å². The van der Waals surface area contributed by atoms with Crippen molar-refractivity contribution in [3.8, 4) is 0 Å². The normalized spacial score (nSPS) is 11.4. The van der Waals surface area contributed by atoms with Crippen LogP contribution in [-0.2, 0) is 0 Å². The molecule has 0 bridgehead atoms. The van der Waals surface area contributed by atoms with Gasteiger partial charge in [0.2, 0.25) is 0 Å². The molecular weight excluding hydrogens is 312 g/mol. The van der Waals surface area contributed by atoms with E-state index in [4.69, 9.17) is 0 Å². The Bertz CT molecular complexity index is 258. The zero-order chi connectivity index (χ0) is 19.3. The van der Waals surface area contributed by atoms with E-state index in [2.05, 4.69) is 27.4 Å². The molecule has 0 aliphatic heterocycles. The predicted octanol–water partition coefficient (Wildman–Crippen LogP) is 10.0. The van der Waals surface area contributed by atoms with Gasteiger partial charge in [0.05, 0.1) is 0 Å². The van der Waals surface area contributed by atoms with Crippen LogP contribution in [0.1, 0.15) is 149 Å². The number of allylic oxidation sites excluding steroid dienone is 1. The van der Waals surface area contributed by atoms with E-state index in [-0.39, 0.29) is 0 Å². The SMILES string of the molecule is C=C(C)CCC(CCCCCCCCCC)CCCCCCCCCC. The second kappa shape index (κ2) is 21.0. The summed E-state index contributed by atoms with van der Waals surface area (Å²) in [5, 5.41) is 0. The van der Waals surface area contributed by atoms with Crippen molar-refractivity contribution in [2.24, 2.45) is 5.92 Å². The molecule has 0 amide bonds. The summed E-state index contributed by atoms with van der Waals surface area (Å²) < 4.78 is 0. The Hall–Kier alpha value is -0.260. The fraction of sp³-hybridized carbons (Fsp3) is 0.923. The van der Waals surface area contributed by atoms with Gasteiger partial charge in [-0.15, -0.1) is 6.58 Å². The minimum Gasteiger partial charge on any atom is -0.100 e. The maximum absolute atomic E-state index is 4.12. The summed E-state index contributed by atoms with van der Waals surface area (Å²) in [6, 6.07) is 0. The van der Waals surface area contributed by atoms with Crippen molar-refractivity contribution < 1.29 is 0 Å². The van der Waals surface area contributed by atoms with Crippen molar-refractivity contribution in [1.29, 1.82) is 0 Å². The lowest BCUT2D eigenvalue weighted by Gasteiger charge is -2.17. The van der Waals surface area contributed by atoms with Crippen molar-refractivity contribution in [3.63, 3.8) is 0 Å². The van der Waals surface area contributed by atoms with Gasteiger partial charge in [-0.05, 0) is 25.7 Å². The Kier molecular flexibility index (Phi) is 20.8. The monoisotopic (exact) mass is 364 g/mol. The maximum atomic E-state index is 4.12. The molecule has 0 aliphatic carbocycles. The van der Waals surface area contributed by atoms with Crippen LogP contribution in [0, 0.1) is 5.92 Å². The third-order valence-corrected chi connectivity index (χ3v) is 5.91. The summed E-state index contributed by atoms with van der Waals surface area (Å²) in [5.41, 5.74) is 1.38. The Balaban J connectivity index is 3.68. The molecule has 0 fully saturated rings. The summed E-state index contributed by atoms with van der Waals surface area (Å²) in [7, 11) is 0. The molecule has 26 heavy (non-hydrogen) atoms. The largest absolute Gasteiger partial charge is 0.100 e. The zero-order valence-electron chi connectivity index (χ0n) is 18.9. The molecule has 0 unspecified atom stereocenters. The first-order valence-corrected chi connectivity index (χ1v) is 12.3. The van der Waals surface area contributed by atoms with Gasteiger partial charge in [-0.3, -0.25) is 0 Å². The van der Waals surface area contributed by atoms with E-state index in [0.29, 0.717) is 0 Å². The third-order valence-electron chi connectivity index (χ3n) is 5.91. The summed E-state index contributed by atoms with van der Waals surface area (Å²) in [6.45, 7) is 10.9. The van der Waals surface area contributed by atoms with Gasteiger partial charge in [-0.1, -0.05) is 135 Å². The molecule has 0 radical (unpaired) electrons. The van der Waals surface area contributed by atoms with Crippen molar-refractivity contribution in [2.45, 2.75) is 149 Å². The number of hydrogen-bond acceptors (Lipinski definition) is 0. The van der Waals surface area contributed by atoms with Gasteiger partial charge < -0.3 is 0 Å². The van der Waals surface area contributed by atoms with E-state index in [0.717, 1.165) is 5.92 Å². The molecule has 0 aromatic carbocycles. The molecular formula is C26H52. The highest BCUT2D eigenvalue weighted by atomic mass is 14.1. The van der Waals surface area contributed by atoms with Crippen LogP contribution >= 0.6 is 0 Å². The van der Waals surface area contributed by atoms with Crippen LogP contribution in [0.3, 0.4) is 0 Å². The minimum absolute atomic E-state index is 0.965. The van der Waals surface area contributed by atoms with Crippen LogP contribution in [0.15, 0.2) is 12.2 Å². The van der Waals surface area contributed by atoms with Crippen LogP contribution in [0.4, 0.5) is 0 Å². The summed E-state index contributed by atoms with van der Waals surface area (Å²) in [5.74, 6) is 0.965. The smallest absolute Gasteiger partial charge is 0.0323 e. The van der Waals surface area contributed by atoms with Crippen molar-refractivity contribution in [2.75, 3.05) is 0 Å². The van der Waals surface area contributed by atoms with Crippen LogP contribution in [-0.4, -0.2) is 0 Å². The molecule has 0 heterocycles. The summed E-state index contributed by atoms with van der Waals surface area (Å²) in [4.78, 5) is 0. The lowest BCUT2D eigenvalue weighted by molar-refractivity contribution is 0.380. The fourth-order valence-electron chi connectivity index (χ4n) is 4.02. The lowest BCUT2D eigenvalue weighted by atomic mass is 9.89. The van der Waals surface area contributed by atoms with Crippen LogP contribution in [0.25, 0.3) is 0 Å². The average molecular weight is 365 g/mol. The first-order chi connectivity index (χ1) is 12.7. The van der Waals surface area contributed by atoms with E-state index in [1.165, 1.54) is 134 Å². The Morgan fingerprint density at radius 1 is 0.538 bits per heavy atom. The highest BCUT2D eigenvalue weighted by Gasteiger charge is 2.08. The van der Waals surface area contributed by atoms with Crippen molar-refractivity contribution in [3.05, 3.63) is 12.2 Å². The van der Waals surface area contributed by atoms with Gasteiger partial charge in [0.15, 0.2) is 0 Å². The number of hydrogen-bond donors (Lipinski definition) is 0. The van der Waals surface area contributed by atoms with E-state index in [9.17, 15) is 0 Å². The third kappa shape index (κ3) is 20.1. The Labute approximate surface area is 167 Å². The number of unbranched alkanes of at least 4 members (excludes halogenated alkanes) is 14. The van der Waals surface area contributed by atoms with Gasteiger partial charge in [0, 0.05) is 0 Å². The predicted molar refractivity (Wildman–Crippen MR) is 122 cm³/mol. The average Bonchev–Trinajstić information content (AvgIpc) is 2.63. The molecule has 0 saturated heterocycles. The quantitative estimate of drug-likeness (QED) is 0.140. The lowest BCUT2D eigenvalue weighted by Crippen LogP contribution is -2.02. The second-order valence-electron chi connectivity index (χ2n) is 8.89. The first-order valence-electron chi connectivity index (χ1n) is 12.3. The topological polar surface area (TPSA) is 0 Å². The van der Waals surface area contributed by atoms with Gasteiger partial charge in [-0.2, -0.15) is 0 Å². The molecule has 0 nitrogen and oxygen atoms in total. The molecule has 156 valence electrons. The van der Waals surface area contributed by atoms with Gasteiger partial charge in [-0.25, -0.2) is 0 Å². The molecule has 0 N–H and O–H groups in total. The zero-order valence-corrected chi connectivity index (χ0v) is 18.9.